The lowest BCUT2D eigenvalue weighted by molar-refractivity contribution is -0.121. The van der Waals surface area contributed by atoms with Crippen LogP contribution in [0.1, 0.15) is 27.1 Å². The molecule has 1 aliphatic rings. The average molecular weight is 519 g/mol. The van der Waals surface area contributed by atoms with Gasteiger partial charge in [-0.2, -0.15) is 0 Å². The average Bonchev–Trinajstić information content (AvgIpc) is 3.46. The molecule has 1 aromatic heterocycles. The number of halogens is 1. The standard InChI is InChI=1S/C27H19ClN2O5S/c28-20-7-3-1-5-18(20)22(31)15-35-27(34)19-6-2-4-8-23(19)36-24-14-25(32)30(26(24)33)17-10-9-16-11-12-29-21(16)13-17/h1-13,24,29H,14-15H2. The maximum absolute atomic E-state index is 13.2. The van der Waals surface area contributed by atoms with Crippen molar-refractivity contribution in [1.82, 2.24) is 4.98 Å². The number of amides is 2. The molecule has 0 saturated carbocycles. The zero-order valence-electron chi connectivity index (χ0n) is 18.8. The number of nitrogens with one attached hydrogen (secondary N) is 1. The van der Waals surface area contributed by atoms with E-state index in [0.29, 0.717) is 10.6 Å². The molecule has 0 bridgehead atoms. The Morgan fingerprint density at radius 1 is 1.00 bits per heavy atom. The second-order valence-corrected chi connectivity index (χ2v) is 9.75. The van der Waals surface area contributed by atoms with Gasteiger partial charge in [0.05, 0.1) is 21.5 Å². The number of Topliss-reactive ketones (excluding diaryl/α,β-unsaturated/α-hetero) is 1. The van der Waals surface area contributed by atoms with Gasteiger partial charge in [0.25, 0.3) is 0 Å². The molecule has 1 N–H and O–H groups in total. The first-order valence-electron chi connectivity index (χ1n) is 11.1. The number of ether oxygens (including phenoxy) is 1. The summed E-state index contributed by atoms with van der Waals surface area (Å²) < 4.78 is 5.25. The quantitative estimate of drug-likeness (QED) is 0.203. The Bertz CT molecular complexity index is 1510. The number of anilines is 1. The Balaban J connectivity index is 1.30. The number of fused-ring (bicyclic) bond motifs is 1. The van der Waals surface area contributed by atoms with E-state index in [4.69, 9.17) is 16.3 Å². The van der Waals surface area contributed by atoms with Crippen LogP contribution in [-0.4, -0.2) is 40.4 Å². The Kier molecular flexibility index (Phi) is 6.63. The highest BCUT2D eigenvalue weighted by molar-refractivity contribution is 8.00. The first-order chi connectivity index (χ1) is 17.4. The van der Waals surface area contributed by atoms with Crippen LogP contribution in [0.15, 0.2) is 83.9 Å². The molecule has 2 heterocycles. The van der Waals surface area contributed by atoms with Crippen LogP contribution in [0.4, 0.5) is 5.69 Å². The number of H-pyrrole nitrogens is 1. The molecule has 5 rings (SSSR count). The fourth-order valence-electron chi connectivity index (χ4n) is 4.01. The van der Waals surface area contributed by atoms with Crippen molar-refractivity contribution in [3.8, 4) is 0 Å². The van der Waals surface area contributed by atoms with Crippen LogP contribution in [-0.2, 0) is 14.3 Å². The highest BCUT2D eigenvalue weighted by Crippen LogP contribution is 2.36. The van der Waals surface area contributed by atoms with Gasteiger partial charge >= 0.3 is 5.97 Å². The first kappa shape index (κ1) is 23.8. The predicted molar refractivity (Wildman–Crippen MR) is 138 cm³/mol. The third-order valence-electron chi connectivity index (χ3n) is 5.79. The van der Waals surface area contributed by atoms with Gasteiger partial charge in [-0.05, 0) is 47.9 Å². The molecule has 0 aliphatic carbocycles. The maximum atomic E-state index is 13.2. The number of hydrogen-bond donors (Lipinski definition) is 1. The summed E-state index contributed by atoms with van der Waals surface area (Å²) >= 11 is 7.17. The number of carbonyl (C=O) groups is 4. The van der Waals surface area contributed by atoms with E-state index >= 15 is 0 Å². The van der Waals surface area contributed by atoms with Gasteiger partial charge in [0.1, 0.15) is 0 Å². The minimum atomic E-state index is -0.704. The molecule has 1 aliphatic heterocycles. The molecule has 3 aromatic carbocycles. The van der Waals surface area contributed by atoms with Crippen molar-refractivity contribution in [1.29, 1.82) is 0 Å². The molecule has 1 unspecified atom stereocenters. The monoisotopic (exact) mass is 518 g/mol. The number of esters is 1. The molecule has 1 fully saturated rings. The molecule has 4 aromatic rings. The highest BCUT2D eigenvalue weighted by Gasteiger charge is 2.40. The van der Waals surface area contributed by atoms with E-state index in [-0.39, 0.29) is 34.4 Å². The predicted octanol–water partition coefficient (Wildman–Crippen LogP) is 5.29. The topological polar surface area (TPSA) is 96.5 Å². The Morgan fingerprint density at radius 2 is 1.75 bits per heavy atom. The summed E-state index contributed by atoms with van der Waals surface area (Å²) in [6.45, 7) is -0.475. The number of carbonyl (C=O) groups excluding carboxylic acids is 4. The number of hydrogen-bond acceptors (Lipinski definition) is 6. The Morgan fingerprint density at radius 3 is 2.56 bits per heavy atom. The summed E-state index contributed by atoms with van der Waals surface area (Å²) in [5.41, 5.74) is 1.79. The Labute approximate surface area is 215 Å². The third kappa shape index (κ3) is 4.65. The number of aromatic nitrogens is 1. The van der Waals surface area contributed by atoms with Gasteiger partial charge in [-0.3, -0.25) is 14.4 Å². The minimum Gasteiger partial charge on any atom is -0.454 e. The number of nitrogens with zero attached hydrogens (tertiary/aromatic N) is 1. The van der Waals surface area contributed by atoms with E-state index < -0.39 is 23.6 Å². The lowest BCUT2D eigenvalue weighted by Crippen LogP contribution is -2.31. The lowest BCUT2D eigenvalue weighted by atomic mass is 10.1. The molecule has 0 spiro atoms. The SMILES string of the molecule is O=C(COC(=O)c1ccccc1SC1CC(=O)N(c2ccc3cc[nH]c3c2)C1=O)c1ccccc1Cl. The summed E-state index contributed by atoms with van der Waals surface area (Å²) in [5, 5.41) is 0.554. The first-order valence-corrected chi connectivity index (χ1v) is 12.3. The number of rotatable bonds is 7. The van der Waals surface area contributed by atoms with Crippen molar-refractivity contribution in [2.24, 2.45) is 0 Å². The summed E-state index contributed by atoms with van der Waals surface area (Å²) in [6.07, 6.45) is 1.79. The molecular weight excluding hydrogens is 500 g/mol. The van der Waals surface area contributed by atoms with Crippen LogP contribution in [0.2, 0.25) is 5.02 Å². The van der Waals surface area contributed by atoms with Crippen LogP contribution >= 0.6 is 23.4 Å². The smallest absolute Gasteiger partial charge is 0.339 e. The van der Waals surface area contributed by atoms with Crippen LogP contribution < -0.4 is 4.90 Å². The van der Waals surface area contributed by atoms with E-state index in [9.17, 15) is 19.2 Å². The number of ketones is 1. The summed E-state index contributed by atoms with van der Waals surface area (Å²) in [7, 11) is 0. The van der Waals surface area contributed by atoms with Crippen molar-refractivity contribution in [3.63, 3.8) is 0 Å². The van der Waals surface area contributed by atoms with E-state index in [1.54, 1.807) is 66.9 Å². The van der Waals surface area contributed by atoms with Gasteiger partial charge in [0.15, 0.2) is 6.61 Å². The van der Waals surface area contributed by atoms with Crippen LogP contribution in [0.3, 0.4) is 0 Å². The number of imide groups is 1. The molecule has 36 heavy (non-hydrogen) atoms. The van der Waals surface area contributed by atoms with E-state index in [1.165, 1.54) is 4.90 Å². The van der Waals surface area contributed by atoms with E-state index in [1.807, 2.05) is 12.1 Å². The van der Waals surface area contributed by atoms with Crippen molar-refractivity contribution < 1.29 is 23.9 Å². The van der Waals surface area contributed by atoms with E-state index in [2.05, 4.69) is 4.98 Å². The molecule has 2 amide bonds. The van der Waals surface area contributed by atoms with Crippen molar-refractivity contribution >= 4 is 63.5 Å². The Hall–Kier alpha value is -3.88. The van der Waals surface area contributed by atoms with Crippen molar-refractivity contribution in [2.75, 3.05) is 11.5 Å². The molecule has 1 atom stereocenters. The van der Waals surface area contributed by atoms with Crippen molar-refractivity contribution in [3.05, 3.63) is 95.1 Å². The molecule has 7 nitrogen and oxygen atoms in total. The highest BCUT2D eigenvalue weighted by atomic mass is 35.5. The van der Waals surface area contributed by atoms with Crippen molar-refractivity contribution in [2.45, 2.75) is 16.6 Å². The van der Waals surface area contributed by atoms with E-state index in [0.717, 1.165) is 22.7 Å². The summed E-state index contributed by atoms with van der Waals surface area (Å²) in [6, 6.07) is 20.4. The maximum Gasteiger partial charge on any atom is 0.339 e. The van der Waals surface area contributed by atoms with Crippen LogP contribution in [0.5, 0.6) is 0 Å². The number of benzene rings is 3. The third-order valence-corrected chi connectivity index (χ3v) is 7.38. The minimum absolute atomic E-state index is 0.000632. The zero-order chi connectivity index (χ0) is 25.2. The molecule has 1 saturated heterocycles. The van der Waals surface area contributed by atoms with Gasteiger partial charge < -0.3 is 9.72 Å². The molecule has 9 heteroatoms. The fraction of sp³-hybridized carbons (Fsp3) is 0.111. The number of thioether (sulfide) groups is 1. The number of aromatic amines is 1. The van der Waals surface area contributed by atoms with Gasteiger partial charge in [0, 0.05) is 28.6 Å². The van der Waals surface area contributed by atoms with Gasteiger partial charge in [-0.1, -0.05) is 41.9 Å². The molecular formula is C27H19ClN2O5S. The summed E-state index contributed by atoms with van der Waals surface area (Å²) in [5.74, 6) is -1.79. The van der Waals surface area contributed by atoms with Gasteiger partial charge in [-0.25, -0.2) is 9.69 Å². The second-order valence-electron chi connectivity index (χ2n) is 8.10. The summed E-state index contributed by atoms with van der Waals surface area (Å²) in [4.78, 5) is 55.9. The lowest BCUT2D eigenvalue weighted by Gasteiger charge is -2.16. The van der Waals surface area contributed by atoms with Gasteiger partial charge in [0.2, 0.25) is 17.6 Å². The van der Waals surface area contributed by atoms with Gasteiger partial charge in [-0.15, -0.1) is 11.8 Å². The second kappa shape index (κ2) is 10.0. The van der Waals surface area contributed by atoms with Crippen LogP contribution in [0.25, 0.3) is 10.9 Å². The zero-order valence-corrected chi connectivity index (χ0v) is 20.3. The van der Waals surface area contributed by atoms with Crippen LogP contribution in [0, 0.1) is 0 Å². The fourth-order valence-corrected chi connectivity index (χ4v) is 5.42. The molecule has 180 valence electrons. The molecule has 0 radical (unpaired) electrons. The largest absolute Gasteiger partial charge is 0.454 e. The normalized spacial score (nSPS) is 15.5.